The second-order valence-electron chi connectivity index (χ2n) is 4.35. The van der Waals surface area contributed by atoms with Gasteiger partial charge in [0.1, 0.15) is 11.6 Å². The first kappa shape index (κ1) is 15.3. The summed E-state index contributed by atoms with van der Waals surface area (Å²) in [5.74, 6) is 0.605. The number of rotatable bonds is 6. The standard InChI is InChI=1S/C16H16FIO2/c1-19-15-8-2-12(3-9-15)11-20-16(10-18)13-4-6-14(17)7-5-13/h2-9,16H,10-11H2,1H3. The summed E-state index contributed by atoms with van der Waals surface area (Å²) < 4.78 is 24.8. The van der Waals surface area contributed by atoms with E-state index in [1.165, 1.54) is 12.1 Å². The van der Waals surface area contributed by atoms with E-state index in [1.54, 1.807) is 19.2 Å². The first-order chi connectivity index (χ1) is 9.72. The van der Waals surface area contributed by atoms with Gasteiger partial charge in [-0.3, -0.25) is 0 Å². The fraction of sp³-hybridized carbons (Fsp3) is 0.250. The molecule has 1 unspecified atom stereocenters. The van der Waals surface area contributed by atoms with Gasteiger partial charge in [0.2, 0.25) is 0 Å². The van der Waals surface area contributed by atoms with Gasteiger partial charge in [0.25, 0.3) is 0 Å². The zero-order valence-electron chi connectivity index (χ0n) is 11.2. The average molecular weight is 386 g/mol. The van der Waals surface area contributed by atoms with E-state index in [1.807, 2.05) is 24.3 Å². The average Bonchev–Trinajstić information content (AvgIpc) is 2.50. The minimum Gasteiger partial charge on any atom is -0.497 e. The van der Waals surface area contributed by atoms with E-state index in [4.69, 9.17) is 9.47 Å². The second kappa shape index (κ2) is 7.59. The van der Waals surface area contributed by atoms with Gasteiger partial charge in [-0.1, -0.05) is 46.9 Å². The highest BCUT2D eigenvalue weighted by Crippen LogP contribution is 2.22. The lowest BCUT2D eigenvalue weighted by atomic mass is 10.1. The monoisotopic (exact) mass is 386 g/mol. The molecule has 2 aromatic rings. The van der Waals surface area contributed by atoms with E-state index in [0.717, 1.165) is 21.3 Å². The molecular weight excluding hydrogens is 370 g/mol. The van der Waals surface area contributed by atoms with Gasteiger partial charge < -0.3 is 9.47 Å². The molecule has 0 radical (unpaired) electrons. The van der Waals surface area contributed by atoms with Crippen molar-refractivity contribution in [1.82, 2.24) is 0 Å². The Labute approximate surface area is 132 Å². The van der Waals surface area contributed by atoms with Crippen LogP contribution in [0, 0.1) is 5.82 Å². The molecule has 0 bridgehead atoms. The van der Waals surface area contributed by atoms with Crippen molar-refractivity contribution in [3.05, 3.63) is 65.5 Å². The fourth-order valence-electron chi connectivity index (χ4n) is 1.83. The van der Waals surface area contributed by atoms with Crippen LogP contribution in [0.15, 0.2) is 48.5 Å². The van der Waals surface area contributed by atoms with E-state index in [0.29, 0.717) is 6.61 Å². The van der Waals surface area contributed by atoms with Crippen molar-refractivity contribution in [2.45, 2.75) is 12.7 Å². The molecule has 0 amide bonds. The molecule has 106 valence electrons. The van der Waals surface area contributed by atoms with E-state index < -0.39 is 0 Å². The molecule has 20 heavy (non-hydrogen) atoms. The van der Waals surface area contributed by atoms with Crippen molar-refractivity contribution in [2.75, 3.05) is 11.5 Å². The molecule has 1 atom stereocenters. The Kier molecular flexibility index (Phi) is 5.79. The smallest absolute Gasteiger partial charge is 0.123 e. The molecule has 0 spiro atoms. The summed E-state index contributed by atoms with van der Waals surface area (Å²) in [6.45, 7) is 0.523. The third-order valence-corrected chi connectivity index (χ3v) is 3.79. The van der Waals surface area contributed by atoms with Crippen molar-refractivity contribution in [2.24, 2.45) is 0 Å². The molecule has 0 aliphatic heterocycles. The summed E-state index contributed by atoms with van der Waals surface area (Å²) in [6, 6.07) is 14.3. The normalized spacial score (nSPS) is 12.2. The van der Waals surface area contributed by atoms with Crippen LogP contribution in [-0.4, -0.2) is 11.5 Å². The molecule has 0 saturated heterocycles. The summed E-state index contributed by atoms with van der Waals surface area (Å²) in [5, 5.41) is 0. The number of hydrogen-bond acceptors (Lipinski definition) is 2. The Balaban J connectivity index is 1.97. The summed E-state index contributed by atoms with van der Waals surface area (Å²) in [5.41, 5.74) is 2.08. The van der Waals surface area contributed by atoms with Crippen molar-refractivity contribution < 1.29 is 13.9 Å². The van der Waals surface area contributed by atoms with Crippen molar-refractivity contribution >= 4 is 22.6 Å². The third-order valence-electron chi connectivity index (χ3n) is 2.99. The topological polar surface area (TPSA) is 18.5 Å². The molecule has 2 aromatic carbocycles. The summed E-state index contributed by atoms with van der Waals surface area (Å²) in [4.78, 5) is 0. The van der Waals surface area contributed by atoms with E-state index in [9.17, 15) is 4.39 Å². The maximum Gasteiger partial charge on any atom is 0.123 e. The number of hydrogen-bond donors (Lipinski definition) is 0. The Bertz CT molecular complexity index is 525. The summed E-state index contributed by atoms with van der Waals surface area (Å²) >= 11 is 2.28. The quantitative estimate of drug-likeness (QED) is 0.537. The first-order valence-electron chi connectivity index (χ1n) is 6.29. The molecule has 0 heterocycles. The zero-order chi connectivity index (χ0) is 14.4. The van der Waals surface area contributed by atoms with Crippen molar-refractivity contribution in [3.8, 4) is 5.75 Å². The summed E-state index contributed by atoms with van der Waals surface area (Å²) in [7, 11) is 1.64. The van der Waals surface area contributed by atoms with E-state index >= 15 is 0 Å². The first-order valence-corrected chi connectivity index (χ1v) is 7.81. The van der Waals surface area contributed by atoms with Gasteiger partial charge >= 0.3 is 0 Å². The zero-order valence-corrected chi connectivity index (χ0v) is 13.3. The Morgan fingerprint density at radius 2 is 1.70 bits per heavy atom. The molecule has 0 aliphatic rings. The van der Waals surface area contributed by atoms with Crippen LogP contribution in [0.4, 0.5) is 4.39 Å². The highest BCUT2D eigenvalue weighted by atomic mass is 127. The minimum absolute atomic E-state index is 0.0294. The molecule has 2 nitrogen and oxygen atoms in total. The Morgan fingerprint density at radius 3 is 2.25 bits per heavy atom. The number of ether oxygens (including phenoxy) is 2. The van der Waals surface area contributed by atoms with Gasteiger partial charge in [-0.2, -0.15) is 0 Å². The van der Waals surface area contributed by atoms with Crippen molar-refractivity contribution in [3.63, 3.8) is 0 Å². The number of benzene rings is 2. The maximum absolute atomic E-state index is 12.9. The molecule has 2 rings (SSSR count). The van der Waals surface area contributed by atoms with Crippen LogP contribution in [0.2, 0.25) is 0 Å². The van der Waals surface area contributed by atoms with Crippen LogP contribution in [0.25, 0.3) is 0 Å². The fourth-order valence-corrected chi connectivity index (χ4v) is 2.59. The van der Waals surface area contributed by atoms with E-state index in [-0.39, 0.29) is 11.9 Å². The van der Waals surface area contributed by atoms with Crippen LogP contribution in [-0.2, 0) is 11.3 Å². The van der Waals surface area contributed by atoms with Gasteiger partial charge in [-0.15, -0.1) is 0 Å². The lowest BCUT2D eigenvalue weighted by Crippen LogP contribution is -2.06. The van der Waals surface area contributed by atoms with Crippen molar-refractivity contribution in [1.29, 1.82) is 0 Å². The predicted molar refractivity (Wildman–Crippen MR) is 85.8 cm³/mol. The lowest BCUT2D eigenvalue weighted by Gasteiger charge is -2.16. The minimum atomic E-state index is -0.226. The maximum atomic E-state index is 12.9. The lowest BCUT2D eigenvalue weighted by molar-refractivity contribution is 0.0576. The number of halogens is 2. The Hall–Kier alpha value is -1.14. The van der Waals surface area contributed by atoms with Gasteiger partial charge in [-0.25, -0.2) is 4.39 Å². The molecule has 4 heteroatoms. The van der Waals surface area contributed by atoms with Crippen LogP contribution < -0.4 is 4.74 Å². The molecule has 0 saturated carbocycles. The molecule has 0 N–H and O–H groups in total. The summed E-state index contributed by atoms with van der Waals surface area (Å²) in [6.07, 6.45) is -0.0294. The van der Waals surface area contributed by atoms with Crippen LogP contribution >= 0.6 is 22.6 Å². The molecular formula is C16H16FIO2. The second-order valence-corrected chi connectivity index (χ2v) is 5.23. The molecule has 0 aromatic heterocycles. The van der Waals surface area contributed by atoms with Gasteiger partial charge in [-0.05, 0) is 35.4 Å². The van der Waals surface area contributed by atoms with Crippen LogP contribution in [0.5, 0.6) is 5.75 Å². The third kappa shape index (κ3) is 4.18. The highest BCUT2D eigenvalue weighted by Gasteiger charge is 2.10. The van der Waals surface area contributed by atoms with Gasteiger partial charge in [0.05, 0.1) is 19.8 Å². The van der Waals surface area contributed by atoms with Crippen LogP contribution in [0.3, 0.4) is 0 Å². The number of alkyl halides is 1. The van der Waals surface area contributed by atoms with Gasteiger partial charge in [0.15, 0.2) is 0 Å². The number of methoxy groups -OCH3 is 1. The Morgan fingerprint density at radius 1 is 1.05 bits per heavy atom. The SMILES string of the molecule is COc1ccc(COC(CI)c2ccc(F)cc2)cc1. The van der Waals surface area contributed by atoms with E-state index in [2.05, 4.69) is 22.6 Å². The predicted octanol–water partition coefficient (Wildman–Crippen LogP) is 4.53. The van der Waals surface area contributed by atoms with Crippen LogP contribution in [0.1, 0.15) is 17.2 Å². The molecule has 0 aliphatic carbocycles. The molecule has 0 fully saturated rings. The van der Waals surface area contributed by atoms with Gasteiger partial charge in [0, 0.05) is 4.43 Å². The highest BCUT2D eigenvalue weighted by molar-refractivity contribution is 14.1. The largest absolute Gasteiger partial charge is 0.497 e.